The van der Waals surface area contributed by atoms with Crippen LogP contribution in [0, 0.1) is 0 Å². The monoisotopic (exact) mass is 272 g/mol. The standard InChI is InChI=1S/C14H16N4O2/c19-14(20)10-2-3-11-12(8-10)16-9-17-13(11)18-6-1-4-15-5-7-18/h2-3,8-9,15H,1,4-7H2,(H,19,20). The Balaban J connectivity index is 2.04. The molecule has 1 aromatic carbocycles. The quantitative estimate of drug-likeness (QED) is 0.853. The van der Waals surface area contributed by atoms with Gasteiger partial charge in [-0.15, -0.1) is 0 Å². The lowest BCUT2D eigenvalue weighted by Gasteiger charge is -2.22. The van der Waals surface area contributed by atoms with Gasteiger partial charge in [0.05, 0.1) is 11.1 Å². The summed E-state index contributed by atoms with van der Waals surface area (Å²) in [6.07, 6.45) is 2.57. The van der Waals surface area contributed by atoms with Gasteiger partial charge in [0.25, 0.3) is 0 Å². The van der Waals surface area contributed by atoms with Gasteiger partial charge < -0.3 is 15.3 Å². The molecule has 0 atom stereocenters. The number of aromatic nitrogens is 2. The van der Waals surface area contributed by atoms with Crippen molar-refractivity contribution in [1.82, 2.24) is 15.3 Å². The number of hydrogen-bond acceptors (Lipinski definition) is 5. The average molecular weight is 272 g/mol. The highest BCUT2D eigenvalue weighted by molar-refractivity contribution is 5.96. The number of rotatable bonds is 2. The van der Waals surface area contributed by atoms with Crippen LogP contribution in [0.25, 0.3) is 10.9 Å². The van der Waals surface area contributed by atoms with Gasteiger partial charge in [-0.2, -0.15) is 0 Å². The van der Waals surface area contributed by atoms with E-state index in [0.29, 0.717) is 5.52 Å². The van der Waals surface area contributed by atoms with E-state index in [1.807, 2.05) is 0 Å². The summed E-state index contributed by atoms with van der Waals surface area (Å²) in [4.78, 5) is 21.8. The first-order valence-corrected chi connectivity index (χ1v) is 6.69. The number of hydrogen-bond donors (Lipinski definition) is 2. The van der Waals surface area contributed by atoms with Gasteiger partial charge in [0.15, 0.2) is 0 Å². The van der Waals surface area contributed by atoms with E-state index in [9.17, 15) is 4.79 Å². The second-order valence-corrected chi connectivity index (χ2v) is 4.82. The van der Waals surface area contributed by atoms with Crippen LogP contribution in [-0.2, 0) is 0 Å². The van der Waals surface area contributed by atoms with Crippen molar-refractivity contribution in [2.24, 2.45) is 0 Å². The lowest BCUT2D eigenvalue weighted by Crippen LogP contribution is -2.28. The van der Waals surface area contributed by atoms with Crippen LogP contribution < -0.4 is 10.2 Å². The molecule has 0 saturated carbocycles. The Hall–Kier alpha value is -2.21. The van der Waals surface area contributed by atoms with Crippen LogP contribution in [0.2, 0.25) is 0 Å². The zero-order chi connectivity index (χ0) is 13.9. The second-order valence-electron chi connectivity index (χ2n) is 4.82. The molecular weight excluding hydrogens is 256 g/mol. The number of carbonyl (C=O) groups is 1. The zero-order valence-corrected chi connectivity index (χ0v) is 11.0. The summed E-state index contributed by atoms with van der Waals surface area (Å²) in [6, 6.07) is 5.00. The van der Waals surface area contributed by atoms with E-state index < -0.39 is 5.97 Å². The lowest BCUT2D eigenvalue weighted by molar-refractivity contribution is 0.0697. The van der Waals surface area contributed by atoms with E-state index in [2.05, 4.69) is 20.2 Å². The molecule has 6 nitrogen and oxygen atoms in total. The van der Waals surface area contributed by atoms with Crippen LogP contribution >= 0.6 is 0 Å². The zero-order valence-electron chi connectivity index (χ0n) is 11.0. The Kier molecular flexibility index (Phi) is 3.47. The maximum absolute atomic E-state index is 11.0. The van der Waals surface area contributed by atoms with Crippen molar-refractivity contribution in [2.45, 2.75) is 6.42 Å². The highest BCUT2D eigenvalue weighted by Crippen LogP contribution is 2.24. The number of carboxylic acid groups (broad SMARTS) is 1. The fourth-order valence-electron chi connectivity index (χ4n) is 2.49. The molecule has 0 radical (unpaired) electrons. The predicted molar refractivity (Wildman–Crippen MR) is 76.2 cm³/mol. The molecule has 1 aliphatic heterocycles. The third-order valence-electron chi connectivity index (χ3n) is 3.50. The molecule has 0 unspecified atom stereocenters. The molecule has 0 amide bonds. The van der Waals surface area contributed by atoms with E-state index in [1.165, 1.54) is 6.33 Å². The Labute approximate surface area is 116 Å². The molecular formula is C14H16N4O2. The number of carboxylic acids is 1. The summed E-state index contributed by atoms with van der Waals surface area (Å²) in [5, 5.41) is 13.3. The van der Waals surface area contributed by atoms with Crippen LogP contribution in [0.15, 0.2) is 24.5 Å². The number of benzene rings is 1. The van der Waals surface area contributed by atoms with Crippen molar-refractivity contribution in [2.75, 3.05) is 31.1 Å². The average Bonchev–Trinajstić information content (AvgIpc) is 2.75. The Morgan fingerprint density at radius 2 is 2.15 bits per heavy atom. The largest absolute Gasteiger partial charge is 0.478 e. The molecule has 3 rings (SSSR count). The topological polar surface area (TPSA) is 78.4 Å². The molecule has 104 valence electrons. The highest BCUT2D eigenvalue weighted by atomic mass is 16.4. The second kappa shape index (κ2) is 5.42. The minimum Gasteiger partial charge on any atom is -0.478 e. The number of nitrogens with one attached hydrogen (secondary N) is 1. The van der Waals surface area contributed by atoms with E-state index in [-0.39, 0.29) is 5.56 Å². The molecule has 1 fully saturated rings. The smallest absolute Gasteiger partial charge is 0.335 e. The summed E-state index contributed by atoms with van der Waals surface area (Å²) in [6.45, 7) is 3.79. The third kappa shape index (κ3) is 2.42. The van der Waals surface area contributed by atoms with E-state index in [0.717, 1.165) is 43.8 Å². The summed E-state index contributed by atoms with van der Waals surface area (Å²) in [5.74, 6) is -0.0540. The van der Waals surface area contributed by atoms with Crippen LogP contribution in [0.1, 0.15) is 16.8 Å². The summed E-state index contributed by atoms with van der Waals surface area (Å²) in [7, 11) is 0. The molecule has 1 aliphatic rings. The van der Waals surface area contributed by atoms with Crippen LogP contribution in [0.4, 0.5) is 5.82 Å². The molecule has 0 aliphatic carbocycles. The fraction of sp³-hybridized carbons (Fsp3) is 0.357. The number of aromatic carboxylic acids is 1. The van der Waals surface area contributed by atoms with Gasteiger partial charge in [-0.3, -0.25) is 0 Å². The maximum atomic E-state index is 11.0. The van der Waals surface area contributed by atoms with Gasteiger partial charge in [-0.25, -0.2) is 14.8 Å². The maximum Gasteiger partial charge on any atom is 0.335 e. The predicted octanol–water partition coefficient (Wildman–Crippen LogP) is 1.13. The molecule has 0 bridgehead atoms. The normalized spacial score (nSPS) is 16.1. The lowest BCUT2D eigenvalue weighted by atomic mass is 10.1. The van der Waals surface area contributed by atoms with Crippen LogP contribution in [0.5, 0.6) is 0 Å². The first-order chi connectivity index (χ1) is 9.75. The Morgan fingerprint density at radius 1 is 1.25 bits per heavy atom. The summed E-state index contributed by atoms with van der Waals surface area (Å²) < 4.78 is 0. The van der Waals surface area contributed by atoms with E-state index in [4.69, 9.17) is 5.11 Å². The summed E-state index contributed by atoms with van der Waals surface area (Å²) in [5.41, 5.74) is 0.923. The van der Waals surface area contributed by atoms with Crippen molar-refractivity contribution in [3.8, 4) is 0 Å². The van der Waals surface area contributed by atoms with E-state index >= 15 is 0 Å². The van der Waals surface area contributed by atoms with Crippen molar-refractivity contribution in [1.29, 1.82) is 0 Å². The minimum absolute atomic E-state index is 0.250. The number of nitrogens with zero attached hydrogens (tertiary/aromatic N) is 3. The third-order valence-corrected chi connectivity index (χ3v) is 3.50. The van der Waals surface area contributed by atoms with Gasteiger partial charge >= 0.3 is 5.97 Å². The molecule has 6 heteroatoms. The van der Waals surface area contributed by atoms with Crippen molar-refractivity contribution < 1.29 is 9.90 Å². The SMILES string of the molecule is O=C(O)c1ccc2c(N3CCCNCC3)ncnc2c1. The van der Waals surface area contributed by atoms with Crippen LogP contribution in [-0.4, -0.2) is 47.2 Å². The molecule has 0 spiro atoms. The van der Waals surface area contributed by atoms with E-state index in [1.54, 1.807) is 18.2 Å². The molecule has 2 heterocycles. The van der Waals surface area contributed by atoms with Crippen molar-refractivity contribution >= 4 is 22.7 Å². The molecule has 2 aromatic rings. The van der Waals surface area contributed by atoms with Crippen molar-refractivity contribution in [3.63, 3.8) is 0 Å². The molecule has 1 saturated heterocycles. The first-order valence-electron chi connectivity index (χ1n) is 6.69. The van der Waals surface area contributed by atoms with Crippen LogP contribution in [0.3, 0.4) is 0 Å². The van der Waals surface area contributed by atoms with Gasteiger partial charge in [0.2, 0.25) is 0 Å². The molecule has 20 heavy (non-hydrogen) atoms. The number of anilines is 1. The summed E-state index contributed by atoms with van der Waals surface area (Å²) >= 11 is 0. The Bertz CT molecular complexity index is 636. The molecule has 2 N–H and O–H groups in total. The first kappa shape index (κ1) is 12.8. The number of fused-ring (bicyclic) bond motifs is 1. The van der Waals surface area contributed by atoms with Gasteiger partial charge in [-0.1, -0.05) is 0 Å². The van der Waals surface area contributed by atoms with Gasteiger partial charge in [-0.05, 0) is 31.2 Å². The van der Waals surface area contributed by atoms with Gasteiger partial charge in [0.1, 0.15) is 12.1 Å². The highest BCUT2D eigenvalue weighted by Gasteiger charge is 2.15. The fourth-order valence-corrected chi connectivity index (χ4v) is 2.49. The molecule has 1 aromatic heterocycles. The minimum atomic E-state index is -0.939. The van der Waals surface area contributed by atoms with Gasteiger partial charge in [0, 0.05) is 25.0 Å². The Morgan fingerprint density at radius 3 is 3.00 bits per heavy atom. The van der Waals surface area contributed by atoms with Crippen molar-refractivity contribution in [3.05, 3.63) is 30.1 Å².